The minimum absolute atomic E-state index is 0.380. The zero-order valence-electron chi connectivity index (χ0n) is 9.57. The molecule has 0 N–H and O–H groups in total. The molecule has 2 nitrogen and oxygen atoms in total. The van der Waals surface area contributed by atoms with E-state index in [1.165, 1.54) is 22.8 Å². The van der Waals surface area contributed by atoms with E-state index in [0.717, 1.165) is 18.6 Å². The second-order valence-corrected chi connectivity index (χ2v) is 11.3. The van der Waals surface area contributed by atoms with Crippen molar-refractivity contribution in [3.8, 4) is 0 Å². The Morgan fingerprint density at radius 2 is 2.13 bits per heavy atom. The van der Waals surface area contributed by atoms with E-state index in [4.69, 9.17) is 16.1 Å². The average Bonchev–Trinajstić information content (AvgIpc) is 2.18. The molecule has 0 heterocycles. The smallest absolute Gasteiger partial charge is 0.313 e. The molecule has 0 saturated carbocycles. The lowest BCUT2D eigenvalue weighted by molar-refractivity contribution is 0.357. The molecule has 0 aromatic rings. The third kappa shape index (κ3) is 7.98. The molecule has 15 heavy (non-hydrogen) atoms. The summed E-state index contributed by atoms with van der Waals surface area (Å²) < 4.78 is 17.7. The van der Waals surface area contributed by atoms with Gasteiger partial charge in [-0.15, -0.1) is 11.6 Å². The number of alkyl halides is 1. The van der Waals surface area contributed by atoms with E-state index in [-0.39, 0.29) is 0 Å². The second-order valence-electron chi connectivity index (χ2n) is 3.07. The summed E-state index contributed by atoms with van der Waals surface area (Å²) in [5.41, 5.74) is 0. The predicted octanol–water partition coefficient (Wildman–Crippen LogP) is 5.02. The molecule has 0 aliphatic carbocycles. The summed E-state index contributed by atoms with van der Waals surface area (Å²) in [5, 5.41) is 0.380. The first-order valence-electron chi connectivity index (χ1n) is 5.21. The predicted molar refractivity (Wildman–Crippen MR) is 74.4 cm³/mol. The van der Waals surface area contributed by atoms with Gasteiger partial charge in [-0.2, -0.15) is 0 Å². The monoisotopic (exact) mass is 290 g/mol. The summed E-state index contributed by atoms with van der Waals surface area (Å²) >= 11 is 8.49. The van der Waals surface area contributed by atoms with Crippen molar-refractivity contribution in [2.75, 3.05) is 18.2 Å². The highest BCUT2D eigenvalue weighted by atomic mass is 35.5. The van der Waals surface area contributed by atoms with Crippen molar-refractivity contribution in [2.45, 2.75) is 38.9 Å². The molecule has 6 heteroatoms. The fourth-order valence-electron chi connectivity index (χ4n) is 0.782. The van der Waals surface area contributed by atoms with Crippen LogP contribution in [0.5, 0.6) is 0 Å². The first-order chi connectivity index (χ1) is 7.08. The normalized spacial score (nSPS) is 17.3. The summed E-state index contributed by atoms with van der Waals surface area (Å²) in [6.07, 6.45) is 1.89. The topological polar surface area (TPSA) is 26.3 Å². The first-order valence-corrected chi connectivity index (χ1v) is 10.4. The Labute approximate surface area is 106 Å². The summed E-state index contributed by atoms with van der Waals surface area (Å²) in [4.78, 5) is 0. The Morgan fingerprint density at radius 3 is 2.60 bits per heavy atom. The SMILES string of the molecule is CCOP(=O)(SCCCCl)S[C@@H](C)CC. The Kier molecular flexibility index (Phi) is 9.96. The lowest BCUT2D eigenvalue weighted by Gasteiger charge is -2.19. The van der Waals surface area contributed by atoms with Crippen LogP contribution in [0.2, 0.25) is 0 Å². The summed E-state index contributed by atoms with van der Waals surface area (Å²) in [5.74, 6) is -1.12. The molecule has 0 bridgehead atoms. The van der Waals surface area contributed by atoms with Crippen molar-refractivity contribution in [3.05, 3.63) is 0 Å². The first kappa shape index (κ1) is 16.2. The largest absolute Gasteiger partial charge is 0.314 e. The van der Waals surface area contributed by atoms with Gasteiger partial charge in [-0.25, -0.2) is 0 Å². The molecular formula is C9H20ClO2PS2. The van der Waals surface area contributed by atoms with Crippen LogP contribution in [0.4, 0.5) is 0 Å². The standard InChI is InChI=1S/C9H20ClO2PS2/c1-4-9(3)15-13(11,12-5-2)14-8-6-7-10/h9H,4-8H2,1-3H3/t9-,13?/m0/s1. The lowest BCUT2D eigenvalue weighted by atomic mass is 10.4. The average molecular weight is 291 g/mol. The van der Waals surface area contributed by atoms with Gasteiger partial charge in [0.25, 0.3) is 0 Å². The van der Waals surface area contributed by atoms with Crippen molar-refractivity contribution in [2.24, 2.45) is 0 Å². The number of halogens is 1. The van der Waals surface area contributed by atoms with Crippen molar-refractivity contribution in [1.82, 2.24) is 0 Å². The van der Waals surface area contributed by atoms with Crippen LogP contribution in [0.25, 0.3) is 0 Å². The Morgan fingerprint density at radius 1 is 1.47 bits per heavy atom. The van der Waals surface area contributed by atoms with Crippen LogP contribution in [0.15, 0.2) is 0 Å². The number of rotatable bonds is 9. The van der Waals surface area contributed by atoms with Gasteiger partial charge in [0.15, 0.2) is 0 Å². The van der Waals surface area contributed by atoms with Crippen LogP contribution in [-0.4, -0.2) is 23.5 Å². The lowest BCUT2D eigenvalue weighted by Crippen LogP contribution is -1.94. The Bertz CT molecular complexity index is 205. The highest BCUT2D eigenvalue weighted by molar-refractivity contribution is 8.89. The maximum absolute atomic E-state index is 12.3. The molecule has 0 spiro atoms. The quantitative estimate of drug-likeness (QED) is 0.338. The van der Waals surface area contributed by atoms with Crippen molar-refractivity contribution < 1.29 is 9.09 Å². The van der Waals surface area contributed by atoms with E-state index >= 15 is 0 Å². The molecule has 0 aliphatic heterocycles. The zero-order chi connectivity index (χ0) is 11.7. The van der Waals surface area contributed by atoms with Gasteiger partial charge >= 0.3 is 5.77 Å². The van der Waals surface area contributed by atoms with E-state index in [0.29, 0.717) is 17.7 Å². The molecule has 0 rings (SSSR count). The molecule has 0 amide bonds. The van der Waals surface area contributed by atoms with Crippen LogP contribution in [0, 0.1) is 0 Å². The summed E-state index contributed by atoms with van der Waals surface area (Å²) in [7, 11) is 0. The highest BCUT2D eigenvalue weighted by Crippen LogP contribution is 2.71. The molecule has 0 aromatic heterocycles. The van der Waals surface area contributed by atoms with Crippen LogP contribution >= 0.6 is 40.1 Å². The van der Waals surface area contributed by atoms with Gasteiger partial charge in [0.1, 0.15) is 0 Å². The van der Waals surface area contributed by atoms with E-state index in [1.54, 1.807) is 0 Å². The van der Waals surface area contributed by atoms with Gasteiger partial charge in [-0.05, 0) is 19.8 Å². The molecule has 0 saturated heterocycles. The van der Waals surface area contributed by atoms with Crippen LogP contribution in [0.3, 0.4) is 0 Å². The second kappa shape index (κ2) is 9.23. The molecule has 0 radical (unpaired) electrons. The van der Waals surface area contributed by atoms with Crippen molar-refractivity contribution in [3.63, 3.8) is 0 Å². The summed E-state index contributed by atoms with van der Waals surface area (Å²) in [6, 6.07) is 0. The van der Waals surface area contributed by atoms with Gasteiger partial charge in [0, 0.05) is 16.9 Å². The maximum Gasteiger partial charge on any atom is 0.313 e. The molecule has 0 fully saturated rings. The van der Waals surface area contributed by atoms with E-state index in [1.807, 2.05) is 6.92 Å². The minimum atomic E-state index is -2.55. The van der Waals surface area contributed by atoms with Gasteiger partial charge in [0.05, 0.1) is 6.61 Å². The fourth-order valence-corrected chi connectivity index (χ4v) is 9.26. The molecule has 92 valence electrons. The van der Waals surface area contributed by atoms with E-state index < -0.39 is 5.77 Å². The van der Waals surface area contributed by atoms with E-state index in [9.17, 15) is 4.57 Å². The van der Waals surface area contributed by atoms with Gasteiger partial charge in [0.2, 0.25) is 0 Å². The molecule has 1 unspecified atom stereocenters. The third-order valence-electron chi connectivity index (χ3n) is 1.70. The minimum Gasteiger partial charge on any atom is -0.314 e. The van der Waals surface area contributed by atoms with E-state index in [2.05, 4.69) is 13.8 Å². The molecule has 2 atom stereocenters. The highest BCUT2D eigenvalue weighted by Gasteiger charge is 2.26. The van der Waals surface area contributed by atoms with Crippen LogP contribution < -0.4 is 0 Å². The van der Waals surface area contributed by atoms with Gasteiger partial charge in [-0.1, -0.05) is 36.6 Å². The fraction of sp³-hybridized carbons (Fsp3) is 1.00. The van der Waals surface area contributed by atoms with Gasteiger partial charge < -0.3 is 4.52 Å². The van der Waals surface area contributed by atoms with Crippen molar-refractivity contribution >= 4 is 40.1 Å². The van der Waals surface area contributed by atoms with Crippen LogP contribution in [0.1, 0.15) is 33.6 Å². The molecule has 0 aromatic carbocycles. The van der Waals surface area contributed by atoms with Gasteiger partial charge in [-0.3, -0.25) is 4.57 Å². The number of hydrogen-bond donors (Lipinski definition) is 0. The third-order valence-corrected chi connectivity index (χ3v) is 9.99. The van der Waals surface area contributed by atoms with Crippen molar-refractivity contribution in [1.29, 1.82) is 0 Å². The van der Waals surface area contributed by atoms with Crippen LogP contribution in [-0.2, 0) is 9.09 Å². The molecular weight excluding hydrogens is 271 g/mol. The zero-order valence-corrected chi connectivity index (χ0v) is 12.9. The Hall–Kier alpha value is 1.18. The molecule has 0 aliphatic rings. The summed E-state index contributed by atoms with van der Waals surface area (Å²) in [6.45, 7) is 6.57. The Balaban J connectivity index is 4.12. The number of hydrogen-bond acceptors (Lipinski definition) is 4. The maximum atomic E-state index is 12.3.